The number of halogens is 1. The Labute approximate surface area is 89.7 Å². The van der Waals surface area contributed by atoms with Crippen molar-refractivity contribution >= 4 is 11.8 Å². The van der Waals surface area contributed by atoms with Crippen molar-refractivity contribution in [3.05, 3.63) is 35.8 Å². The summed E-state index contributed by atoms with van der Waals surface area (Å²) in [6.07, 6.45) is 1.40. The van der Waals surface area contributed by atoms with E-state index in [4.69, 9.17) is 10.8 Å². The second kappa shape index (κ2) is 3.65. The zero-order valence-electron chi connectivity index (χ0n) is 8.07. The molecule has 0 aliphatic rings. The summed E-state index contributed by atoms with van der Waals surface area (Å²) in [4.78, 5) is 10.9. The number of carboxylic acids is 1. The van der Waals surface area contributed by atoms with Crippen LogP contribution in [0.15, 0.2) is 24.4 Å². The van der Waals surface area contributed by atoms with Crippen LogP contribution in [-0.4, -0.2) is 21.3 Å². The zero-order valence-corrected chi connectivity index (χ0v) is 8.07. The molecule has 2 aromatic rings. The van der Waals surface area contributed by atoms with Gasteiger partial charge in [-0.05, 0) is 12.1 Å². The molecule has 0 saturated carbocycles. The molecule has 1 aromatic carbocycles. The first-order valence-electron chi connectivity index (χ1n) is 4.41. The summed E-state index contributed by atoms with van der Waals surface area (Å²) >= 11 is 0. The lowest BCUT2D eigenvalue weighted by molar-refractivity contribution is 0.0697. The monoisotopic (exact) mass is 221 g/mol. The highest BCUT2D eigenvalue weighted by atomic mass is 19.1. The normalized spacial score (nSPS) is 10.3. The summed E-state index contributed by atoms with van der Waals surface area (Å²) < 4.78 is 12.9. The molecule has 82 valence electrons. The van der Waals surface area contributed by atoms with E-state index in [1.807, 2.05) is 0 Å². The molecule has 0 spiro atoms. The Morgan fingerprint density at radius 2 is 2.19 bits per heavy atom. The maximum absolute atomic E-state index is 12.9. The number of nitrogen functional groups attached to an aromatic ring is 1. The van der Waals surface area contributed by atoms with Gasteiger partial charge in [0.25, 0.3) is 0 Å². The fourth-order valence-corrected chi connectivity index (χ4v) is 1.44. The van der Waals surface area contributed by atoms with Crippen LogP contribution in [0.1, 0.15) is 10.4 Å². The van der Waals surface area contributed by atoms with Gasteiger partial charge < -0.3 is 10.8 Å². The Morgan fingerprint density at radius 3 is 2.75 bits per heavy atom. The van der Waals surface area contributed by atoms with Gasteiger partial charge >= 0.3 is 5.97 Å². The van der Waals surface area contributed by atoms with Crippen molar-refractivity contribution in [1.82, 2.24) is 10.2 Å². The highest BCUT2D eigenvalue weighted by molar-refractivity contribution is 5.97. The predicted molar refractivity (Wildman–Crippen MR) is 55.4 cm³/mol. The number of benzene rings is 1. The number of anilines is 1. The lowest BCUT2D eigenvalue weighted by atomic mass is 10.0. The number of aromatic amines is 1. The van der Waals surface area contributed by atoms with Crippen molar-refractivity contribution in [3.8, 4) is 11.1 Å². The second-order valence-electron chi connectivity index (χ2n) is 3.19. The molecule has 0 amide bonds. The van der Waals surface area contributed by atoms with Crippen LogP contribution in [0.25, 0.3) is 11.1 Å². The largest absolute Gasteiger partial charge is 0.478 e. The molecule has 0 aliphatic carbocycles. The maximum Gasteiger partial charge on any atom is 0.336 e. The summed E-state index contributed by atoms with van der Waals surface area (Å²) in [7, 11) is 0. The molecule has 0 fully saturated rings. The van der Waals surface area contributed by atoms with Crippen LogP contribution >= 0.6 is 0 Å². The number of nitrogens with zero attached hydrogens (tertiary/aromatic N) is 1. The van der Waals surface area contributed by atoms with Gasteiger partial charge in [0.15, 0.2) is 0 Å². The topological polar surface area (TPSA) is 92.0 Å². The molecule has 5 nitrogen and oxygen atoms in total. The number of nitrogens with two attached hydrogens (primary N) is 1. The lowest BCUT2D eigenvalue weighted by Crippen LogP contribution is -2.01. The van der Waals surface area contributed by atoms with E-state index >= 15 is 0 Å². The minimum absolute atomic E-state index is 0.145. The van der Waals surface area contributed by atoms with Gasteiger partial charge in [-0.15, -0.1) is 0 Å². The van der Waals surface area contributed by atoms with Gasteiger partial charge in [-0.25, -0.2) is 9.18 Å². The Balaban J connectivity index is 2.65. The highest BCUT2D eigenvalue weighted by Crippen LogP contribution is 2.27. The number of nitrogens with one attached hydrogen (secondary N) is 1. The van der Waals surface area contributed by atoms with E-state index < -0.39 is 11.8 Å². The van der Waals surface area contributed by atoms with Crippen LogP contribution in [0.2, 0.25) is 0 Å². The minimum atomic E-state index is -1.21. The van der Waals surface area contributed by atoms with Crippen molar-refractivity contribution in [2.24, 2.45) is 0 Å². The molecule has 2 rings (SSSR count). The molecular weight excluding hydrogens is 213 g/mol. The molecule has 16 heavy (non-hydrogen) atoms. The van der Waals surface area contributed by atoms with Gasteiger partial charge in [0.1, 0.15) is 11.6 Å². The van der Waals surface area contributed by atoms with Gasteiger partial charge in [-0.3, -0.25) is 5.10 Å². The average Bonchev–Trinajstić information content (AvgIpc) is 2.64. The molecule has 0 saturated heterocycles. The van der Waals surface area contributed by atoms with Crippen molar-refractivity contribution in [2.75, 3.05) is 5.73 Å². The van der Waals surface area contributed by atoms with Crippen LogP contribution in [0, 0.1) is 5.82 Å². The van der Waals surface area contributed by atoms with Crippen LogP contribution < -0.4 is 5.73 Å². The number of rotatable bonds is 2. The quantitative estimate of drug-likeness (QED) is 0.716. The van der Waals surface area contributed by atoms with Gasteiger partial charge in [0.2, 0.25) is 0 Å². The Hall–Kier alpha value is -2.37. The predicted octanol–water partition coefficient (Wildman–Crippen LogP) is 1.50. The van der Waals surface area contributed by atoms with Crippen LogP contribution in [0.4, 0.5) is 10.2 Å². The first-order chi connectivity index (χ1) is 7.59. The summed E-state index contributed by atoms with van der Waals surface area (Å²) in [5, 5.41) is 15.1. The third-order valence-electron chi connectivity index (χ3n) is 2.17. The van der Waals surface area contributed by atoms with Crippen LogP contribution in [0.5, 0.6) is 0 Å². The van der Waals surface area contributed by atoms with Gasteiger partial charge in [0.05, 0.1) is 11.8 Å². The number of aromatic nitrogens is 2. The van der Waals surface area contributed by atoms with Crippen molar-refractivity contribution in [3.63, 3.8) is 0 Å². The average molecular weight is 221 g/mol. The molecule has 0 aliphatic heterocycles. The number of carbonyl (C=O) groups is 1. The smallest absolute Gasteiger partial charge is 0.336 e. The summed E-state index contributed by atoms with van der Waals surface area (Å²) in [6, 6.07) is 3.48. The summed E-state index contributed by atoms with van der Waals surface area (Å²) in [5.74, 6) is -1.58. The summed E-state index contributed by atoms with van der Waals surface area (Å²) in [5.41, 5.74) is 6.21. The third-order valence-corrected chi connectivity index (χ3v) is 2.17. The van der Waals surface area contributed by atoms with E-state index in [1.165, 1.54) is 18.3 Å². The molecule has 1 heterocycles. The van der Waals surface area contributed by atoms with Crippen LogP contribution in [-0.2, 0) is 0 Å². The van der Waals surface area contributed by atoms with E-state index in [2.05, 4.69) is 10.2 Å². The summed E-state index contributed by atoms with van der Waals surface area (Å²) in [6.45, 7) is 0. The zero-order chi connectivity index (χ0) is 11.7. The van der Waals surface area contributed by atoms with E-state index in [-0.39, 0.29) is 11.4 Å². The fourth-order valence-electron chi connectivity index (χ4n) is 1.44. The van der Waals surface area contributed by atoms with E-state index in [0.29, 0.717) is 11.1 Å². The standard InChI is InChI=1S/C10H8FN3O2/c11-5-1-2-6(7(3-5)10(15)16)8-4-13-14-9(8)12/h1-4H,(H,15,16)(H3,12,13,14). The van der Waals surface area contributed by atoms with E-state index in [9.17, 15) is 9.18 Å². The highest BCUT2D eigenvalue weighted by Gasteiger charge is 2.15. The first kappa shape index (κ1) is 10.2. The van der Waals surface area contributed by atoms with Crippen molar-refractivity contribution in [2.45, 2.75) is 0 Å². The third kappa shape index (κ3) is 1.60. The second-order valence-corrected chi connectivity index (χ2v) is 3.19. The molecule has 4 N–H and O–H groups in total. The maximum atomic E-state index is 12.9. The molecule has 1 aromatic heterocycles. The lowest BCUT2D eigenvalue weighted by Gasteiger charge is -2.04. The number of H-pyrrole nitrogens is 1. The van der Waals surface area contributed by atoms with Crippen molar-refractivity contribution < 1.29 is 14.3 Å². The van der Waals surface area contributed by atoms with E-state index in [1.54, 1.807) is 0 Å². The molecule has 0 bridgehead atoms. The molecular formula is C10H8FN3O2. The van der Waals surface area contributed by atoms with E-state index in [0.717, 1.165) is 6.07 Å². The SMILES string of the molecule is Nc1[nH]ncc1-c1ccc(F)cc1C(=O)O. The molecule has 0 radical (unpaired) electrons. The Morgan fingerprint density at radius 1 is 1.44 bits per heavy atom. The van der Waals surface area contributed by atoms with Crippen molar-refractivity contribution in [1.29, 1.82) is 0 Å². The number of aromatic carboxylic acids is 1. The van der Waals surface area contributed by atoms with Crippen LogP contribution in [0.3, 0.4) is 0 Å². The number of hydrogen-bond acceptors (Lipinski definition) is 3. The number of hydrogen-bond donors (Lipinski definition) is 3. The fraction of sp³-hybridized carbons (Fsp3) is 0. The van der Waals surface area contributed by atoms with Gasteiger partial charge in [-0.1, -0.05) is 6.07 Å². The van der Waals surface area contributed by atoms with Gasteiger partial charge in [-0.2, -0.15) is 5.10 Å². The molecule has 6 heteroatoms. The molecule has 0 atom stereocenters. The first-order valence-corrected chi connectivity index (χ1v) is 4.41. The number of carboxylic acid groups (broad SMARTS) is 1. The Kier molecular flexibility index (Phi) is 2.32. The minimum Gasteiger partial charge on any atom is -0.478 e. The Bertz CT molecular complexity index is 551. The molecule has 0 unspecified atom stereocenters. The van der Waals surface area contributed by atoms with Gasteiger partial charge in [0, 0.05) is 11.1 Å².